The van der Waals surface area contributed by atoms with Crippen LogP contribution in [0, 0.1) is 0 Å². The fourth-order valence-electron chi connectivity index (χ4n) is 2.72. The lowest BCUT2D eigenvalue weighted by molar-refractivity contribution is 0.478. The van der Waals surface area contributed by atoms with Crippen LogP contribution in [0.1, 0.15) is 43.3 Å². The first-order valence-electron chi connectivity index (χ1n) is 6.52. The molecule has 2 heterocycles. The van der Waals surface area contributed by atoms with E-state index in [0.29, 0.717) is 13.0 Å². The predicted octanol–water partition coefficient (Wildman–Crippen LogP) is 0.826. The summed E-state index contributed by atoms with van der Waals surface area (Å²) in [5.41, 5.74) is 9.02. The second kappa shape index (κ2) is 5.01. The Bertz CT molecular complexity index is 534. The summed E-state index contributed by atoms with van der Waals surface area (Å²) in [7, 11) is -2.88. The molecule has 1 atom stereocenters. The third-order valence-electron chi connectivity index (χ3n) is 3.63. The molecule has 2 N–H and O–H groups in total. The maximum Gasteiger partial charge on any atom is 0.152 e. The SMILES string of the molecule is CCc1nn(C2CCS(=O)(=O)C2)c(CC)c1CN. The molecule has 6 heteroatoms. The van der Waals surface area contributed by atoms with Crippen LogP contribution < -0.4 is 5.73 Å². The number of hydrogen-bond acceptors (Lipinski definition) is 4. The topological polar surface area (TPSA) is 78.0 Å². The lowest BCUT2D eigenvalue weighted by atomic mass is 10.1. The highest BCUT2D eigenvalue weighted by Crippen LogP contribution is 2.27. The molecule has 0 aliphatic carbocycles. The van der Waals surface area contributed by atoms with Crippen LogP contribution in [0.2, 0.25) is 0 Å². The van der Waals surface area contributed by atoms with E-state index in [2.05, 4.69) is 18.9 Å². The fraction of sp³-hybridized carbons (Fsp3) is 0.750. The molecule has 5 nitrogen and oxygen atoms in total. The summed E-state index contributed by atoms with van der Waals surface area (Å²) in [6, 6.07) is -0.00412. The summed E-state index contributed by atoms with van der Waals surface area (Å²) >= 11 is 0. The lowest BCUT2D eigenvalue weighted by Gasteiger charge is -2.12. The van der Waals surface area contributed by atoms with Gasteiger partial charge in [-0.05, 0) is 19.3 Å². The predicted molar refractivity (Wildman–Crippen MR) is 71.2 cm³/mol. The molecule has 18 heavy (non-hydrogen) atoms. The molecule has 0 radical (unpaired) electrons. The summed E-state index contributed by atoms with van der Waals surface area (Å²) in [5.74, 6) is 0.495. The van der Waals surface area contributed by atoms with Gasteiger partial charge in [-0.1, -0.05) is 13.8 Å². The highest BCUT2D eigenvalue weighted by atomic mass is 32.2. The van der Waals surface area contributed by atoms with E-state index < -0.39 is 9.84 Å². The van der Waals surface area contributed by atoms with Crippen molar-refractivity contribution in [3.63, 3.8) is 0 Å². The van der Waals surface area contributed by atoms with E-state index in [1.165, 1.54) is 0 Å². The summed E-state index contributed by atoms with van der Waals surface area (Å²) in [6.07, 6.45) is 2.35. The molecule has 1 fully saturated rings. The summed E-state index contributed by atoms with van der Waals surface area (Å²) in [5, 5.41) is 4.59. The van der Waals surface area contributed by atoms with Crippen LogP contribution >= 0.6 is 0 Å². The van der Waals surface area contributed by atoms with Gasteiger partial charge in [0.25, 0.3) is 0 Å². The van der Waals surface area contributed by atoms with Gasteiger partial charge in [0.2, 0.25) is 0 Å². The van der Waals surface area contributed by atoms with Gasteiger partial charge in [-0.2, -0.15) is 5.10 Å². The Morgan fingerprint density at radius 1 is 1.39 bits per heavy atom. The highest BCUT2D eigenvalue weighted by molar-refractivity contribution is 7.91. The average Bonchev–Trinajstić information content (AvgIpc) is 2.87. The van der Waals surface area contributed by atoms with E-state index >= 15 is 0 Å². The Kier molecular flexibility index (Phi) is 3.77. The van der Waals surface area contributed by atoms with Crippen LogP contribution in [0.3, 0.4) is 0 Å². The number of hydrogen-bond donors (Lipinski definition) is 1. The highest BCUT2D eigenvalue weighted by Gasteiger charge is 2.31. The number of sulfone groups is 1. The molecule has 1 aromatic heterocycles. The third-order valence-corrected chi connectivity index (χ3v) is 5.38. The van der Waals surface area contributed by atoms with E-state index in [-0.39, 0.29) is 17.5 Å². The number of rotatable bonds is 4. The van der Waals surface area contributed by atoms with E-state index in [0.717, 1.165) is 29.8 Å². The van der Waals surface area contributed by atoms with Crippen molar-refractivity contribution in [2.45, 2.75) is 45.7 Å². The monoisotopic (exact) mass is 271 g/mol. The fourth-order valence-corrected chi connectivity index (χ4v) is 4.41. The van der Waals surface area contributed by atoms with Crippen molar-refractivity contribution in [1.82, 2.24) is 9.78 Å². The summed E-state index contributed by atoms with van der Waals surface area (Å²) in [4.78, 5) is 0. The van der Waals surface area contributed by atoms with Gasteiger partial charge in [0, 0.05) is 17.8 Å². The molecular formula is C12H21N3O2S. The molecule has 0 amide bonds. The maximum absolute atomic E-state index is 11.6. The number of aromatic nitrogens is 2. The van der Waals surface area contributed by atoms with Gasteiger partial charge >= 0.3 is 0 Å². The van der Waals surface area contributed by atoms with Crippen LogP contribution in [-0.2, 0) is 29.2 Å². The van der Waals surface area contributed by atoms with Gasteiger partial charge < -0.3 is 5.73 Å². The Morgan fingerprint density at radius 2 is 2.11 bits per heavy atom. The Morgan fingerprint density at radius 3 is 2.56 bits per heavy atom. The number of nitrogens with zero attached hydrogens (tertiary/aromatic N) is 2. The Hall–Kier alpha value is -0.880. The number of nitrogens with two attached hydrogens (primary N) is 1. The van der Waals surface area contributed by atoms with Crippen molar-refractivity contribution < 1.29 is 8.42 Å². The largest absolute Gasteiger partial charge is 0.326 e. The Labute approximate surface area is 108 Å². The first-order chi connectivity index (χ1) is 8.52. The van der Waals surface area contributed by atoms with Gasteiger partial charge in [0.1, 0.15) is 0 Å². The minimum Gasteiger partial charge on any atom is -0.326 e. The van der Waals surface area contributed by atoms with Gasteiger partial charge in [-0.3, -0.25) is 4.68 Å². The van der Waals surface area contributed by atoms with E-state index in [9.17, 15) is 8.42 Å². The molecular weight excluding hydrogens is 250 g/mol. The van der Waals surface area contributed by atoms with E-state index in [4.69, 9.17) is 5.73 Å². The van der Waals surface area contributed by atoms with Crippen molar-refractivity contribution in [3.05, 3.63) is 17.0 Å². The minimum atomic E-state index is -2.88. The maximum atomic E-state index is 11.6. The molecule has 1 aliphatic heterocycles. The average molecular weight is 271 g/mol. The van der Waals surface area contributed by atoms with Crippen molar-refractivity contribution in [1.29, 1.82) is 0 Å². The van der Waals surface area contributed by atoms with Crippen molar-refractivity contribution in [2.24, 2.45) is 5.73 Å². The van der Waals surface area contributed by atoms with Crippen LogP contribution in [-0.4, -0.2) is 29.7 Å². The van der Waals surface area contributed by atoms with Gasteiger partial charge in [0.05, 0.1) is 23.2 Å². The molecule has 1 unspecified atom stereocenters. The van der Waals surface area contributed by atoms with Crippen molar-refractivity contribution in [2.75, 3.05) is 11.5 Å². The van der Waals surface area contributed by atoms with Gasteiger partial charge in [-0.15, -0.1) is 0 Å². The lowest BCUT2D eigenvalue weighted by Crippen LogP contribution is -2.15. The zero-order valence-electron chi connectivity index (χ0n) is 11.0. The molecule has 0 aromatic carbocycles. The van der Waals surface area contributed by atoms with Crippen LogP contribution in [0.5, 0.6) is 0 Å². The molecule has 0 saturated carbocycles. The zero-order valence-corrected chi connectivity index (χ0v) is 11.8. The number of aryl methyl sites for hydroxylation is 1. The second-order valence-corrected chi connectivity index (χ2v) is 7.01. The van der Waals surface area contributed by atoms with Crippen LogP contribution in [0.15, 0.2) is 0 Å². The van der Waals surface area contributed by atoms with E-state index in [1.807, 2.05) is 4.68 Å². The minimum absolute atomic E-state index is 0.00412. The first-order valence-corrected chi connectivity index (χ1v) is 8.34. The van der Waals surface area contributed by atoms with Crippen LogP contribution in [0.25, 0.3) is 0 Å². The molecule has 1 aromatic rings. The molecule has 1 aliphatic rings. The van der Waals surface area contributed by atoms with Crippen molar-refractivity contribution in [3.8, 4) is 0 Å². The molecule has 2 rings (SSSR count). The van der Waals surface area contributed by atoms with Crippen molar-refractivity contribution >= 4 is 9.84 Å². The first kappa shape index (κ1) is 13.5. The molecule has 102 valence electrons. The quantitative estimate of drug-likeness (QED) is 0.879. The second-order valence-electron chi connectivity index (χ2n) is 4.78. The Balaban J connectivity index is 2.42. The third kappa shape index (κ3) is 2.31. The zero-order chi connectivity index (χ0) is 13.3. The summed E-state index contributed by atoms with van der Waals surface area (Å²) in [6.45, 7) is 4.60. The van der Waals surface area contributed by atoms with E-state index in [1.54, 1.807) is 0 Å². The molecule has 0 bridgehead atoms. The molecule has 1 saturated heterocycles. The normalized spacial score (nSPS) is 22.5. The summed E-state index contributed by atoms with van der Waals surface area (Å²) < 4.78 is 25.1. The molecule has 0 spiro atoms. The van der Waals surface area contributed by atoms with Gasteiger partial charge in [0.15, 0.2) is 9.84 Å². The van der Waals surface area contributed by atoms with Gasteiger partial charge in [-0.25, -0.2) is 8.42 Å². The smallest absolute Gasteiger partial charge is 0.152 e. The van der Waals surface area contributed by atoms with Crippen LogP contribution in [0.4, 0.5) is 0 Å². The standard InChI is InChI=1S/C12H21N3O2S/c1-3-11-10(7-13)12(4-2)15(14-11)9-5-6-18(16,17)8-9/h9H,3-8,13H2,1-2H3.